The van der Waals surface area contributed by atoms with Gasteiger partial charge in [0.15, 0.2) is 5.17 Å². The Balaban J connectivity index is 1.51. The second-order valence-corrected chi connectivity index (χ2v) is 6.29. The maximum atomic E-state index is 5.95. The van der Waals surface area contributed by atoms with Crippen molar-refractivity contribution in [3.63, 3.8) is 0 Å². The highest BCUT2D eigenvalue weighted by Crippen LogP contribution is 2.41. The summed E-state index contributed by atoms with van der Waals surface area (Å²) in [6.07, 6.45) is 2.80. The normalized spacial score (nSPS) is 23.6. The van der Waals surface area contributed by atoms with Crippen molar-refractivity contribution in [1.29, 1.82) is 0 Å². The van der Waals surface area contributed by atoms with Crippen molar-refractivity contribution in [3.8, 4) is 0 Å². The average Bonchev–Trinajstić information content (AvgIpc) is 3.07. The van der Waals surface area contributed by atoms with Crippen LogP contribution in [-0.2, 0) is 6.54 Å². The van der Waals surface area contributed by atoms with Gasteiger partial charge >= 0.3 is 0 Å². The molecule has 0 saturated heterocycles. The van der Waals surface area contributed by atoms with Crippen LogP contribution in [0.3, 0.4) is 0 Å². The summed E-state index contributed by atoms with van der Waals surface area (Å²) >= 11 is 7.86. The van der Waals surface area contributed by atoms with Gasteiger partial charge < -0.3 is 5.32 Å². The number of halogens is 1. The lowest BCUT2D eigenvalue weighted by atomic mass is 10.2. The molecule has 0 spiro atoms. The summed E-state index contributed by atoms with van der Waals surface area (Å²) in [4.78, 5) is 4.55. The van der Waals surface area contributed by atoms with Gasteiger partial charge in [-0.2, -0.15) is 0 Å². The summed E-state index contributed by atoms with van der Waals surface area (Å²) in [5.74, 6) is 0.925. The van der Waals surface area contributed by atoms with E-state index in [1.165, 1.54) is 18.4 Å². The molecule has 0 amide bonds. The summed E-state index contributed by atoms with van der Waals surface area (Å²) in [7, 11) is 0. The molecule has 0 aromatic heterocycles. The Hall–Kier alpha value is -0.670. The number of benzene rings is 1. The zero-order valence-corrected chi connectivity index (χ0v) is 11.1. The standard InChI is InChI=1S/C13H15ClN2S/c14-11-3-1-2-9(6-11)7-15-13-16-8-12(17-13)10-4-5-10/h1-3,6,10,12H,4-5,7-8H2,(H,15,16). The quantitative estimate of drug-likeness (QED) is 0.908. The van der Waals surface area contributed by atoms with Gasteiger partial charge in [0.1, 0.15) is 0 Å². The van der Waals surface area contributed by atoms with E-state index >= 15 is 0 Å². The molecule has 3 rings (SSSR count). The van der Waals surface area contributed by atoms with E-state index in [0.29, 0.717) is 0 Å². The molecule has 1 aliphatic carbocycles. The van der Waals surface area contributed by atoms with Gasteiger partial charge in [0.25, 0.3) is 0 Å². The molecule has 1 aromatic rings. The summed E-state index contributed by atoms with van der Waals surface area (Å²) in [6, 6.07) is 7.95. The second-order valence-electron chi connectivity index (χ2n) is 4.62. The third-order valence-electron chi connectivity index (χ3n) is 3.16. The van der Waals surface area contributed by atoms with Crippen LogP contribution < -0.4 is 5.32 Å². The zero-order chi connectivity index (χ0) is 11.7. The van der Waals surface area contributed by atoms with Crippen molar-refractivity contribution in [3.05, 3.63) is 34.9 Å². The number of thioether (sulfide) groups is 1. The minimum Gasteiger partial charge on any atom is -0.361 e. The lowest BCUT2D eigenvalue weighted by molar-refractivity contribution is 0.772. The predicted octanol–water partition coefficient (Wildman–Crippen LogP) is 3.31. The SMILES string of the molecule is Clc1cccc(CNC2=NCC(C3CC3)S2)c1. The number of nitrogens with zero attached hydrogens (tertiary/aromatic N) is 1. The Morgan fingerprint density at radius 1 is 1.41 bits per heavy atom. The molecule has 4 heteroatoms. The van der Waals surface area contributed by atoms with Crippen LogP contribution in [0.25, 0.3) is 0 Å². The number of nitrogens with one attached hydrogen (secondary N) is 1. The van der Waals surface area contributed by atoms with E-state index in [2.05, 4.69) is 16.4 Å². The van der Waals surface area contributed by atoms with E-state index in [1.54, 1.807) is 0 Å². The van der Waals surface area contributed by atoms with Crippen LogP contribution in [0.4, 0.5) is 0 Å². The van der Waals surface area contributed by atoms with E-state index in [9.17, 15) is 0 Å². The van der Waals surface area contributed by atoms with Crippen LogP contribution >= 0.6 is 23.4 Å². The third-order valence-corrected chi connectivity index (χ3v) is 4.73. The van der Waals surface area contributed by atoms with E-state index in [0.717, 1.165) is 34.4 Å². The average molecular weight is 267 g/mol. The Labute approximate surface area is 111 Å². The maximum Gasteiger partial charge on any atom is 0.157 e. The van der Waals surface area contributed by atoms with Crippen molar-refractivity contribution < 1.29 is 0 Å². The summed E-state index contributed by atoms with van der Waals surface area (Å²) in [5, 5.41) is 6.02. The summed E-state index contributed by atoms with van der Waals surface area (Å²) in [5.41, 5.74) is 1.20. The maximum absolute atomic E-state index is 5.95. The Morgan fingerprint density at radius 2 is 2.29 bits per heavy atom. The molecule has 1 aliphatic heterocycles. The van der Waals surface area contributed by atoms with Crippen molar-refractivity contribution >= 4 is 28.5 Å². The van der Waals surface area contributed by atoms with E-state index in [-0.39, 0.29) is 0 Å². The van der Waals surface area contributed by atoms with Crippen molar-refractivity contribution in [2.45, 2.75) is 24.6 Å². The van der Waals surface area contributed by atoms with E-state index < -0.39 is 0 Å². The molecular formula is C13H15ClN2S. The van der Waals surface area contributed by atoms with Crippen LogP contribution in [0.15, 0.2) is 29.3 Å². The first-order chi connectivity index (χ1) is 8.31. The van der Waals surface area contributed by atoms with Gasteiger partial charge in [0.2, 0.25) is 0 Å². The first-order valence-corrected chi connectivity index (χ1v) is 7.26. The van der Waals surface area contributed by atoms with Gasteiger partial charge in [-0.15, -0.1) is 0 Å². The van der Waals surface area contributed by atoms with E-state index in [1.807, 2.05) is 30.0 Å². The van der Waals surface area contributed by atoms with Crippen molar-refractivity contribution in [1.82, 2.24) is 5.32 Å². The van der Waals surface area contributed by atoms with Crippen molar-refractivity contribution in [2.24, 2.45) is 10.9 Å². The number of hydrogen-bond acceptors (Lipinski definition) is 3. The van der Waals surface area contributed by atoms with Crippen LogP contribution in [0, 0.1) is 5.92 Å². The minimum absolute atomic E-state index is 0.733. The minimum atomic E-state index is 0.733. The highest BCUT2D eigenvalue weighted by Gasteiger charge is 2.35. The van der Waals surface area contributed by atoms with Gasteiger partial charge in [-0.25, -0.2) is 0 Å². The van der Waals surface area contributed by atoms with Gasteiger partial charge in [-0.1, -0.05) is 35.5 Å². The second kappa shape index (κ2) is 4.91. The highest BCUT2D eigenvalue weighted by atomic mass is 35.5. The number of amidine groups is 1. The molecule has 90 valence electrons. The molecule has 1 N–H and O–H groups in total. The third kappa shape index (κ3) is 2.96. The molecule has 2 nitrogen and oxygen atoms in total. The largest absolute Gasteiger partial charge is 0.361 e. The van der Waals surface area contributed by atoms with Crippen LogP contribution in [0.2, 0.25) is 5.02 Å². The molecule has 0 radical (unpaired) electrons. The molecular weight excluding hydrogens is 252 g/mol. The van der Waals surface area contributed by atoms with Crippen LogP contribution in [0.5, 0.6) is 0 Å². The molecule has 2 aliphatic rings. The van der Waals surface area contributed by atoms with Gasteiger partial charge in [-0.05, 0) is 36.5 Å². The Bertz CT molecular complexity index is 443. The molecule has 1 heterocycles. The first kappa shape index (κ1) is 11.4. The zero-order valence-electron chi connectivity index (χ0n) is 9.53. The molecule has 1 aromatic carbocycles. The topological polar surface area (TPSA) is 24.4 Å². The lowest BCUT2D eigenvalue weighted by Crippen LogP contribution is -2.19. The monoisotopic (exact) mass is 266 g/mol. The van der Waals surface area contributed by atoms with Crippen LogP contribution in [-0.4, -0.2) is 17.0 Å². The summed E-state index contributed by atoms with van der Waals surface area (Å²) in [6.45, 7) is 1.80. The lowest BCUT2D eigenvalue weighted by Gasteiger charge is -2.08. The molecule has 0 bridgehead atoms. The molecule has 1 unspecified atom stereocenters. The van der Waals surface area contributed by atoms with Gasteiger partial charge in [0.05, 0.1) is 6.54 Å². The Kier molecular flexibility index (Phi) is 3.30. The van der Waals surface area contributed by atoms with Gasteiger partial charge in [-0.3, -0.25) is 4.99 Å². The first-order valence-electron chi connectivity index (χ1n) is 6.01. The fraction of sp³-hybridized carbons (Fsp3) is 0.462. The fourth-order valence-corrected chi connectivity index (χ4v) is 3.44. The van der Waals surface area contributed by atoms with E-state index in [4.69, 9.17) is 11.6 Å². The van der Waals surface area contributed by atoms with Gasteiger partial charge in [0, 0.05) is 16.8 Å². The number of hydrogen-bond donors (Lipinski definition) is 1. The molecule has 1 atom stereocenters. The summed E-state index contributed by atoms with van der Waals surface area (Å²) < 4.78 is 0. The fourth-order valence-electron chi connectivity index (χ4n) is 2.03. The molecule has 1 fully saturated rings. The predicted molar refractivity (Wildman–Crippen MR) is 74.7 cm³/mol. The van der Waals surface area contributed by atoms with Crippen molar-refractivity contribution in [2.75, 3.05) is 6.54 Å². The highest BCUT2D eigenvalue weighted by molar-refractivity contribution is 8.14. The smallest absolute Gasteiger partial charge is 0.157 e. The Morgan fingerprint density at radius 3 is 3.06 bits per heavy atom. The number of aliphatic imine (C=N–C) groups is 1. The molecule has 17 heavy (non-hydrogen) atoms. The molecule has 1 saturated carbocycles. The van der Waals surface area contributed by atoms with Crippen LogP contribution in [0.1, 0.15) is 18.4 Å². The number of rotatable bonds is 3.